The van der Waals surface area contributed by atoms with Crippen LogP contribution in [0.15, 0.2) is 18.2 Å². The van der Waals surface area contributed by atoms with Crippen molar-refractivity contribution in [2.45, 2.75) is 33.7 Å². The summed E-state index contributed by atoms with van der Waals surface area (Å²) in [7, 11) is 1.85. The molecular formula is C15H21F2N. The number of rotatable bonds is 3. The van der Waals surface area contributed by atoms with E-state index in [1.807, 2.05) is 7.05 Å². The first-order chi connectivity index (χ1) is 8.21. The minimum atomic E-state index is -0.512. The third kappa shape index (κ3) is 1.85. The third-order valence-corrected chi connectivity index (χ3v) is 5.02. The van der Waals surface area contributed by atoms with Crippen LogP contribution in [0.1, 0.15) is 39.3 Å². The Morgan fingerprint density at radius 2 is 1.44 bits per heavy atom. The highest BCUT2D eigenvalue weighted by Crippen LogP contribution is 2.72. The number of nitrogens with one attached hydrogen (secondary N) is 1. The average molecular weight is 253 g/mol. The van der Waals surface area contributed by atoms with E-state index in [1.165, 1.54) is 12.1 Å². The lowest BCUT2D eigenvalue weighted by Gasteiger charge is -2.19. The van der Waals surface area contributed by atoms with Crippen LogP contribution in [0.5, 0.6) is 0 Å². The minimum absolute atomic E-state index is 0.0137. The predicted octanol–water partition coefficient (Wildman–Crippen LogP) is 3.91. The van der Waals surface area contributed by atoms with E-state index in [2.05, 4.69) is 33.0 Å². The fourth-order valence-corrected chi connectivity index (χ4v) is 3.36. The normalized spacial score (nSPS) is 22.8. The third-order valence-electron chi connectivity index (χ3n) is 5.02. The Hall–Kier alpha value is -0.960. The summed E-state index contributed by atoms with van der Waals surface area (Å²) >= 11 is 0. The summed E-state index contributed by atoms with van der Waals surface area (Å²) in [4.78, 5) is 0. The fraction of sp³-hybridized carbons (Fsp3) is 0.600. The molecule has 0 heterocycles. The zero-order chi connectivity index (χ0) is 13.7. The van der Waals surface area contributed by atoms with Gasteiger partial charge < -0.3 is 5.32 Å². The van der Waals surface area contributed by atoms with Crippen LogP contribution in [0.2, 0.25) is 0 Å². The van der Waals surface area contributed by atoms with Crippen LogP contribution in [-0.4, -0.2) is 7.05 Å². The standard InChI is InChI=1S/C15H21F2N/c1-14(2)13(15(14,3)4)12(18-5)9-6-10(16)8-11(17)7-9/h6-8,12-13,18H,1-5H3. The molecule has 2 rings (SSSR count). The highest BCUT2D eigenvalue weighted by Gasteiger charge is 2.67. The van der Waals surface area contributed by atoms with Gasteiger partial charge in [-0.2, -0.15) is 0 Å². The SMILES string of the molecule is CNC(c1cc(F)cc(F)c1)C1C(C)(C)C1(C)C. The Morgan fingerprint density at radius 1 is 1.00 bits per heavy atom. The zero-order valence-corrected chi connectivity index (χ0v) is 11.6. The van der Waals surface area contributed by atoms with E-state index < -0.39 is 11.6 Å². The molecule has 1 atom stereocenters. The molecule has 0 radical (unpaired) electrons. The van der Waals surface area contributed by atoms with Gasteiger partial charge in [-0.25, -0.2) is 8.78 Å². The molecule has 100 valence electrons. The van der Waals surface area contributed by atoms with Gasteiger partial charge in [0.1, 0.15) is 11.6 Å². The second kappa shape index (κ2) is 4.02. The van der Waals surface area contributed by atoms with Crippen LogP contribution < -0.4 is 5.32 Å². The molecule has 0 saturated heterocycles. The highest BCUT2D eigenvalue weighted by atomic mass is 19.1. The largest absolute Gasteiger partial charge is 0.313 e. The Balaban J connectivity index is 2.36. The molecule has 3 heteroatoms. The summed E-state index contributed by atoms with van der Waals surface area (Å²) in [6.07, 6.45) is 0. The van der Waals surface area contributed by atoms with Crippen LogP contribution in [-0.2, 0) is 0 Å². The summed E-state index contributed by atoms with van der Waals surface area (Å²) in [6.45, 7) is 8.82. The van der Waals surface area contributed by atoms with Gasteiger partial charge in [0.2, 0.25) is 0 Å². The zero-order valence-electron chi connectivity index (χ0n) is 11.6. The molecule has 1 aromatic rings. The summed E-state index contributed by atoms with van der Waals surface area (Å²) in [5.41, 5.74) is 1.03. The molecule has 18 heavy (non-hydrogen) atoms. The van der Waals surface area contributed by atoms with Gasteiger partial charge in [0.05, 0.1) is 0 Å². The van der Waals surface area contributed by atoms with Gasteiger partial charge in [0, 0.05) is 12.1 Å². The Kier molecular flexibility index (Phi) is 3.01. The maximum Gasteiger partial charge on any atom is 0.126 e. The van der Waals surface area contributed by atoms with Crippen LogP contribution >= 0.6 is 0 Å². The van der Waals surface area contributed by atoms with Crippen LogP contribution in [0.4, 0.5) is 8.78 Å². The van der Waals surface area contributed by atoms with Crippen LogP contribution in [0, 0.1) is 28.4 Å². The van der Waals surface area contributed by atoms with Gasteiger partial charge >= 0.3 is 0 Å². The minimum Gasteiger partial charge on any atom is -0.313 e. The van der Waals surface area contributed by atoms with Crippen molar-refractivity contribution < 1.29 is 8.78 Å². The predicted molar refractivity (Wildman–Crippen MR) is 69.2 cm³/mol. The van der Waals surface area contributed by atoms with Crippen molar-refractivity contribution in [1.82, 2.24) is 5.32 Å². The van der Waals surface area contributed by atoms with E-state index in [9.17, 15) is 8.78 Å². The van der Waals surface area contributed by atoms with Crippen molar-refractivity contribution in [1.29, 1.82) is 0 Å². The van der Waals surface area contributed by atoms with E-state index in [1.54, 1.807) is 0 Å². The maximum atomic E-state index is 13.3. The molecule has 1 N–H and O–H groups in total. The van der Waals surface area contributed by atoms with E-state index in [0.29, 0.717) is 11.5 Å². The van der Waals surface area contributed by atoms with E-state index in [-0.39, 0.29) is 16.9 Å². The van der Waals surface area contributed by atoms with Crippen LogP contribution in [0.3, 0.4) is 0 Å². The van der Waals surface area contributed by atoms with Gasteiger partial charge in [-0.1, -0.05) is 27.7 Å². The topological polar surface area (TPSA) is 12.0 Å². The number of hydrogen-bond donors (Lipinski definition) is 1. The second-order valence-corrected chi connectivity index (χ2v) is 6.39. The molecule has 1 fully saturated rings. The van der Waals surface area contributed by atoms with Crippen molar-refractivity contribution in [2.75, 3.05) is 7.05 Å². The molecule has 1 aromatic carbocycles. The van der Waals surface area contributed by atoms with E-state index in [4.69, 9.17) is 0 Å². The smallest absolute Gasteiger partial charge is 0.126 e. The van der Waals surface area contributed by atoms with Crippen molar-refractivity contribution in [3.8, 4) is 0 Å². The van der Waals surface area contributed by atoms with Gasteiger partial charge in [0.25, 0.3) is 0 Å². The molecule has 1 saturated carbocycles. The molecular weight excluding hydrogens is 232 g/mol. The van der Waals surface area contributed by atoms with Crippen molar-refractivity contribution in [2.24, 2.45) is 16.7 Å². The summed E-state index contributed by atoms with van der Waals surface area (Å²) in [5.74, 6) is -0.653. The number of hydrogen-bond acceptors (Lipinski definition) is 1. The monoisotopic (exact) mass is 253 g/mol. The lowest BCUT2D eigenvalue weighted by Crippen LogP contribution is -2.21. The Morgan fingerprint density at radius 3 is 1.78 bits per heavy atom. The maximum absolute atomic E-state index is 13.3. The molecule has 0 aliphatic heterocycles. The van der Waals surface area contributed by atoms with Gasteiger partial charge in [-0.05, 0) is 41.5 Å². The van der Waals surface area contributed by atoms with Crippen LogP contribution in [0.25, 0.3) is 0 Å². The summed E-state index contributed by atoms with van der Waals surface area (Å²) < 4.78 is 26.7. The van der Waals surface area contributed by atoms with Gasteiger partial charge in [0.15, 0.2) is 0 Å². The summed E-state index contributed by atoms with van der Waals surface area (Å²) in [6, 6.07) is 3.75. The van der Waals surface area contributed by atoms with E-state index >= 15 is 0 Å². The molecule has 1 unspecified atom stereocenters. The molecule has 1 nitrogen and oxygen atoms in total. The molecule has 0 bridgehead atoms. The Bertz CT molecular complexity index is 431. The van der Waals surface area contributed by atoms with Gasteiger partial charge in [-0.3, -0.25) is 0 Å². The molecule has 1 aliphatic carbocycles. The van der Waals surface area contributed by atoms with Crippen molar-refractivity contribution >= 4 is 0 Å². The quantitative estimate of drug-likeness (QED) is 0.861. The molecule has 0 aromatic heterocycles. The molecule has 1 aliphatic rings. The van der Waals surface area contributed by atoms with Crippen molar-refractivity contribution in [3.05, 3.63) is 35.4 Å². The number of halogens is 2. The van der Waals surface area contributed by atoms with Crippen molar-refractivity contribution in [3.63, 3.8) is 0 Å². The average Bonchev–Trinajstić information content (AvgIpc) is 2.61. The summed E-state index contributed by atoms with van der Waals surface area (Å²) in [5, 5.41) is 3.21. The second-order valence-electron chi connectivity index (χ2n) is 6.39. The fourth-order valence-electron chi connectivity index (χ4n) is 3.36. The Labute approximate surface area is 108 Å². The lowest BCUT2D eigenvalue weighted by molar-refractivity contribution is 0.433. The molecule has 0 spiro atoms. The number of benzene rings is 1. The molecule has 0 amide bonds. The first-order valence-corrected chi connectivity index (χ1v) is 6.35. The van der Waals surface area contributed by atoms with Gasteiger partial charge in [-0.15, -0.1) is 0 Å². The first kappa shape index (κ1) is 13.5. The highest BCUT2D eigenvalue weighted by molar-refractivity contribution is 5.28. The lowest BCUT2D eigenvalue weighted by atomic mass is 9.96. The first-order valence-electron chi connectivity index (χ1n) is 6.35. The van der Waals surface area contributed by atoms with E-state index in [0.717, 1.165) is 6.07 Å².